The standard InChI is InChI=1S/C5H6N2O2Se/c1-6-3(8)4(9)7(2)5(6)10/h1-2H3. The third kappa shape index (κ3) is 0.786. The summed E-state index contributed by atoms with van der Waals surface area (Å²) in [7, 11) is 3.10. The minimum absolute atomic E-state index is 0.490. The number of hydrogen-bond donors (Lipinski definition) is 0. The second kappa shape index (κ2) is 2.18. The number of carbonyl (C=O) groups excluding carboxylic acids is 2. The Kier molecular flexibility index (Phi) is 1.62. The molecule has 0 aromatic heterocycles. The topological polar surface area (TPSA) is 40.6 Å². The van der Waals surface area contributed by atoms with Gasteiger partial charge in [0.15, 0.2) is 0 Å². The summed E-state index contributed by atoms with van der Waals surface area (Å²) in [6.45, 7) is 0. The number of carbonyl (C=O) groups is 2. The molecule has 4 nitrogen and oxygen atoms in total. The van der Waals surface area contributed by atoms with Gasteiger partial charge in [0, 0.05) is 0 Å². The molecule has 1 rings (SSSR count). The molecule has 0 spiro atoms. The fourth-order valence-corrected chi connectivity index (χ4v) is 1.03. The van der Waals surface area contributed by atoms with E-state index in [1.165, 1.54) is 9.80 Å². The fraction of sp³-hybridized carbons (Fsp3) is 0.400. The van der Waals surface area contributed by atoms with Crippen LogP contribution >= 0.6 is 0 Å². The van der Waals surface area contributed by atoms with E-state index in [1.54, 1.807) is 14.1 Å². The Labute approximate surface area is 66.1 Å². The first-order valence-corrected chi connectivity index (χ1v) is 3.51. The maximum absolute atomic E-state index is 10.8. The number of rotatable bonds is 0. The van der Waals surface area contributed by atoms with Crippen LogP contribution in [0.4, 0.5) is 0 Å². The normalized spacial score (nSPS) is 19.2. The van der Waals surface area contributed by atoms with E-state index < -0.39 is 11.8 Å². The van der Waals surface area contributed by atoms with Crippen molar-refractivity contribution >= 4 is 32.1 Å². The summed E-state index contributed by atoms with van der Waals surface area (Å²) >= 11 is 2.63. The van der Waals surface area contributed by atoms with Gasteiger partial charge in [0.1, 0.15) is 0 Å². The van der Waals surface area contributed by atoms with E-state index in [9.17, 15) is 9.59 Å². The van der Waals surface area contributed by atoms with Crippen molar-refractivity contribution in [1.29, 1.82) is 0 Å². The molecule has 0 saturated carbocycles. The van der Waals surface area contributed by atoms with Gasteiger partial charge >= 0.3 is 65.5 Å². The van der Waals surface area contributed by atoms with Gasteiger partial charge in [-0.1, -0.05) is 0 Å². The molecule has 0 aromatic rings. The van der Waals surface area contributed by atoms with Crippen LogP contribution in [0.15, 0.2) is 0 Å². The first-order chi connectivity index (χ1) is 4.55. The molecule has 54 valence electrons. The average molecular weight is 205 g/mol. The molecule has 10 heavy (non-hydrogen) atoms. The fourth-order valence-electron chi connectivity index (χ4n) is 0.686. The van der Waals surface area contributed by atoms with Crippen molar-refractivity contribution in [2.75, 3.05) is 14.1 Å². The molecule has 1 saturated heterocycles. The van der Waals surface area contributed by atoms with E-state index in [0.29, 0.717) is 4.67 Å². The van der Waals surface area contributed by atoms with Gasteiger partial charge in [-0.25, -0.2) is 0 Å². The van der Waals surface area contributed by atoms with Gasteiger partial charge in [-0.2, -0.15) is 0 Å². The van der Waals surface area contributed by atoms with Crippen LogP contribution in [-0.2, 0) is 9.59 Å². The quantitative estimate of drug-likeness (QED) is 0.345. The van der Waals surface area contributed by atoms with Crippen LogP contribution in [-0.4, -0.2) is 56.0 Å². The van der Waals surface area contributed by atoms with Gasteiger partial charge in [0.2, 0.25) is 0 Å². The van der Waals surface area contributed by atoms with E-state index in [1.807, 2.05) is 0 Å². The number of nitrogens with zero attached hydrogens (tertiary/aromatic N) is 2. The van der Waals surface area contributed by atoms with E-state index in [4.69, 9.17) is 0 Å². The Morgan fingerprint density at radius 2 is 1.40 bits per heavy atom. The average Bonchev–Trinajstić information content (AvgIpc) is 2.07. The first-order valence-electron chi connectivity index (χ1n) is 2.65. The number of likely N-dealkylation sites (N-methyl/N-ethyl adjacent to an activating group) is 2. The van der Waals surface area contributed by atoms with Crippen LogP contribution in [0.5, 0.6) is 0 Å². The van der Waals surface area contributed by atoms with E-state index in [2.05, 4.69) is 15.6 Å². The molecule has 0 unspecified atom stereocenters. The molecule has 0 N–H and O–H groups in total. The van der Waals surface area contributed by atoms with Crippen LogP contribution in [0.3, 0.4) is 0 Å². The molecule has 1 heterocycles. The molecule has 1 aliphatic rings. The number of hydrogen-bond acceptors (Lipinski definition) is 2. The Balaban J connectivity index is 3.00. The molecule has 0 bridgehead atoms. The molecule has 2 amide bonds. The van der Waals surface area contributed by atoms with E-state index >= 15 is 0 Å². The predicted octanol–water partition coefficient (Wildman–Crippen LogP) is -1.83. The second-order valence-electron chi connectivity index (χ2n) is 2.01. The summed E-state index contributed by atoms with van der Waals surface area (Å²) in [6.07, 6.45) is 0. The Bertz CT molecular complexity index is 204. The minimum atomic E-state index is -0.490. The molecule has 5 heteroatoms. The summed E-state index contributed by atoms with van der Waals surface area (Å²) in [4.78, 5) is 24.2. The molecule has 1 aliphatic heterocycles. The summed E-state index contributed by atoms with van der Waals surface area (Å²) in [5, 5.41) is 0. The zero-order chi connectivity index (χ0) is 7.89. The van der Waals surface area contributed by atoms with Gasteiger partial charge in [0.05, 0.1) is 0 Å². The van der Waals surface area contributed by atoms with Crippen molar-refractivity contribution in [3.63, 3.8) is 0 Å². The summed E-state index contributed by atoms with van der Waals surface area (Å²) in [6, 6.07) is 0. The van der Waals surface area contributed by atoms with Crippen molar-refractivity contribution in [2.45, 2.75) is 0 Å². The van der Waals surface area contributed by atoms with Crippen molar-refractivity contribution in [3.05, 3.63) is 0 Å². The Morgan fingerprint density at radius 3 is 1.50 bits per heavy atom. The van der Waals surface area contributed by atoms with Gasteiger partial charge < -0.3 is 0 Å². The Morgan fingerprint density at radius 1 is 1.10 bits per heavy atom. The number of amides is 2. The molecule has 1 fully saturated rings. The maximum atomic E-state index is 10.8. The van der Waals surface area contributed by atoms with Gasteiger partial charge in [-0.15, -0.1) is 0 Å². The van der Waals surface area contributed by atoms with Crippen molar-refractivity contribution in [3.8, 4) is 0 Å². The van der Waals surface area contributed by atoms with Crippen LogP contribution in [0.25, 0.3) is 0 Å². The van der Waals surface area contributed by atoms with E-state index in [-0.39, 0.29) is 0 Å². The third-order valence-corrected chi connectivity index (χ3v) is 2.52. The van der Waals surface area contributed by atoms with Crippen LogP contribution in [0, 0.1) is 0 Å². The van der Waals surface area contributed by atoms with Gasteiger partial charge in [-0.3, -0.25) is 0 Å². The third-order valence-electron chi connectivity index (χ3n) is 1.37. The van der Waals surface area contributed by atoms with E-state index in [0.717, 1.165) is 0 Å². The second-order valence-corrected chi connectivity index (χ2v) is 2.78. The van der Waals surface area contributed by atoms with Crippen LogP contribution in [0.1, 0.15) is 0 Å². The first kappa shape index (κ1) is 7.44. The van der Waals surface area contributed by atoms with Crippen molar-refractivity contribution < 1.29 is 9.59 Å². The van der Waals surface area contributed by atoms with Crippen molar-refractivity contribution in [1.82, 2.24) is 9.80 Å². The predicted molar refractivity (Wildman–Crippen MR) is 36.3 cm³/mol. The molecule has 0 radical (unpaired) electrons. The molecular weight excluding hydrogens is 199 g/mol. The zero-order valence-electron chi connectivity index (χ0n) is 5.62. The summed E-state index contributed by atoms with van der Waals surface area (Å²) < 4.78 is 0.551. The zero-order valence-corrected chi connectivity index (χ0v) is 7.33. The monoisotopic (exact) mass is 206 g/mol. The molecule has 0 aliphatic carbocycles. The molecular formula is C5H6N2O2Se. The summed E-state index contributed by atoms with van der Waals surface area (Å²) in [5.41, 5.74) is 0. The summed E-state index contributed by atoms with van der Waals surface area (Å²) in [5.74, 6) is -0.979. The van der Waals surface area contributed by atoms with Gasteiger partial charge in [0.25, 0.3) is 0 Å². The Hall–Kier alpha value is -0.671. The molecule has 0 aromatic carbocycles. The van der Waals surface area contributed by atoms with Crippen LogP contribution in [0.2, 0.25) is 0 Å². The van der Waals surface area contributed by atoms with Crippen LogP contribution < -0.4 is 0 Å². The SMILES string of the molecule is CN1C(=O)C(=O)N(C)C1=[Se]. The molecule has 0 atom stereocenters. The van der Waals surface area contributed by atoms with Gasteiger partial charge in [-0.05, 0) is 0 Å². The van der Waals surface area contributed by atoms with Crippen molar-refractivity contribution in [2.24, 2.45) is 0 Å².